The van der Waals surface area contributed by atoms with Crippen LogP contribution in [0.4, 0.5) is 0 Å². The molecule has 136 valence electrons. The predicted molar refractivity (Wildman–Crippen MR) is 95.4 cm³/mol. The minimum Gasteiger partial charge on any atom is -0.377 e. The molecular weight excluding hydrogens is 330 g/mol. The first-order valence-electron chi connectivity index (χ1n) is 9.04. The van der Waals surface area contributed by atoms with E-state index < -0.39 is 0 Å². The van der Waals surface area contributed by atoms with Crippen molar-refractivity contribution in [3.63, 3.8) is 0 Å². The highest BCUT2D eigenvalue weighted by atomic mass is 16.5. The molecule has 2 aromatic heterocycles. The quantitative estimate of drug-likeness (QED) is 0.825. The number of aromatic nitrogens is 2. The summed E-state index contributed by atoms with van der Waals surface area (Å²) in [6.45, 7) is 3.28. The highest BCUT2D eigenvalue weighted by molar-refractivity contribution is 5.94. The summed E-state index contributed by atoms with van der Waals surface area (Å²) in [6.07, 6.45) is 8.81. The van der Waals surface area contributed by atoms with E-state index in [4.69, 9.17) is 9.47 Å². The minimum absolute atomic E-state index is 0.0614. The molecule has 0 unspecified atom stereocenters. The van der Waals surface area contributed by atoms with E-state index in [-0.39, 0.29) is 17.4 Å². The maximum Gasteiger partial charge on any atom is 0.253 e. The van der Waals surface area contributed by atoms with E-state index in [1.807, 2.05) is 17.0 Å². The molecule has 2 saturated heterocycles. The molecule has 26 heavy (non-hydrogen) atoms. The lowest BCUT2D eigenvalue weighted by atomic mass is 9.77. The summed E-state index contributed by atoms with van der Waals surface area (Å²) in [5.41, 5.74) is 1.67. The van der Waals surface area contributed by atoms with Crippen LogP contribution in [0.25, 0.3) is 0 Å². The fourth-order valence-electron chi connectivity index (χ4n) is 3.96. The first-order chi connectivity index (χ1) is 12.8. The van der Waals surface area contributed by atoms with E-state index in [1.165, 1.54) is 0 Å². The Bertz CT molecular complexity index is 740. The number of carbonyl (C=O) groups excluding carboxylic acids is 1. The van der Waals surface area contributed by atoms with Gasteiger partial charge in [0.1, 0.15) is 0 Å². The van der Waals surface area contributed by atoms with Gasteiger partial charge in [0.15, 0.2) is 0 Å². The Kier molecular flexibility index (Phi) is 4.95. The molecule has 0 aliphatic carbocycles. The van der Waals surface area contributed by atoms with Gasteiger partial charge in [-0.25, -0.2) is 0 Å². The average Bonchev–Trinajstić information content (AvgIpc) is 3.12. The number of piperidine rings is 1. The van der Waals surface area contributed by atoms with E-state index >= 15 is 0 Å². The van der Waals surface area contributed by atoms with Crippen LogP contribution in [0.15, 0.2) is 49.1 Å². The normalized spacial score (nSPS) is 25.1. The van der Waals surface area contributed by atoms with Gasteiger partial charge in [-0.05, 0) is 42.7 Å². The molecule has 4 rings (SSSR count). The van der Waals surface area contributed by atoms with E-state index in [2.05, 4.69) is 9.97 Å². The van der Waals surface area contributed by atoms with Crippen LogP contribution in [-0.4, -0.2) is 53.2 Å². The SMILES string of the molecule is O=C(c1ccncc1)N1CC[C@@H]2OCC[C@]2(COCc2ccncc2)C1. The third-order valence-corrected chi connectivity index (χ3v) is 5.39. The van der Waals surface area contributed by atoms with Crippen LogP contribution < -0.4 is 0 Å². The van der Waals surface area contributed by atoms with E-state index in [9.17, 15) is 4.79 Å². The van der Waals surface area contributed by atoms with Crippen LogP contribution >= 0.6 is 0 Å². The smallest absolute Gasteiger partial charge is 0.253 e. The minimum atomic E-state index is -0.117. The van der Waals surface area contributed by atoms with Gasteiger partial charge in [-0.1, -0.05) is 0 Å². The third-order valence-electron chi connectivity index (χ3n) is 5.39. The van der Waals surface area contributed by atoms with Gasteiger partial charge in [0.2, 0.25) is 0 Å². The number of likely N-dealkylation sites (tertiary alicyclic amines) is 1. The number of carbonyl (C=O) groups is 1. The summed E-state index contributed by atoms with van der Waals surface area (Å²) in [5, 5.41) is 0. The van der Waals surface area contributed by atoms with Crippen molar-refractivity contribution in [1.29, 1.82) is 0 Å². The number of hydrogen-bond donors (Lipinski definition) is 0. The lowest BCUT2D eigenvalue weighted by Gasteiger charge is -2.43. The van der Waals surface area contributed by atoms with E-state index in [0.717, 1.165) is 31.6 Å². The molecule has 0 spiro atoms. The van der Waals surface area contributed by atoms with Crippen molar-refractivity contribution in [2.45, 2.75) is 25.6 Å². The predicted octanol–water partition coefficient (Wildman–Crippen LogP) is 2.31. The summed E-state index contributed by atoms with van der Waals surface area (Å²) in [6, 6.07) is 7.46. The number of rotatable bonds is 5. The van der Waals surface area contributed by atoms with Gasteiger partial charge in [0.25, 0.3) is 5.91 Å². The van der Waals surface area contributed by atoms with E-state index in [1.54, 1.807) is 36.9 Å². The van der Waals surface area contributed by atoms with Crippen molar-refractivity contribution in [3.8, 4) is 0 Å². The monoisotopic (exact) mass is 353 g/mol. The molecule has 2 fully saturated rings. The number of nitrogens with zero attached hydrogens (tertiary/aromatic N) is 3. The molecule has 0 radical (unpaired) electrons. The van der Waals surface area contributed by atoms with Crippen molar-refractivity contribution in [2.75, 3.05) is 26.3 Å². The number of pyridine rings is 2. The van der Waals surface area contributed by atoms with Gasteiger partial charge in [-0.15, -0.1) is 0 Å². The fraction of sp³-hybridized carbons (Fsp3) is 0.450. The molecule has 6 nitrogen and oxygen atoms in total. The van der Waals surface area contributed by atoms with Crippen molar-refractivity contribution >= 4 is 5.91 Å². The third kappa shape index (κ3) is 3.48. The molecule has 1 amide bonds. The zero-order chi connectivity index (χ0) is 17.8. The van der Waals surface area contributed by atoms with Crippen molar-refractivity contribution < 1.29 is 14.3 Å². The zero-order valence-electron chi connectivity index (χ0n) is 14.7. The largest absolute Gasteiger partial charge is 0.377 e. The van der Waals surface area contributed by atoms with Crippen LogP contribution in [0.1, 0.15) is 28.8 Å². The Morgan fingerprint density at radius 3 is 2.69 bits per heavy atom. The molecule has 2 aliphatic rings. The molecule has 0 aromatic carbocycles. The van der Waals surface area contributed by atoms with Crippen LogP contribution in [0.2, 0.25) is 0 Å². The number of ether oxygens (including phenoxy) is 2. The molecule has 2 atom stereocenters. The number of amides is 1. The van der Waals surface area contributed by atoms with Gasteiger partial charge < -0.3 is 14.4 Å². The molecule has 4 heterocycles. The second kappa shape index (κ2) is 7.51. The fourth-order valence-corrected chi connectivity index (χ4v) is 3.96. The molecule has 0 bridgehead atoms. The summed E-state index contributed by atoms with van der Waals surface area (Å²) in [5.74, 6) is 0.0614. The lowest BCUT2D eigenvalue weighted by molar-refractivity contribution is -0.0602. The lowest BCUT2D eigenvalue weighted by Crippen LogP contribution is -2.53. The Morgan fingerprint density at radius 1 is 1.19 bits per heavy atom. The number of fused-ring (bicyclic) bond motifs is 1. The highest BCUT2D eigenvalue weighted by Gasteiger charge is 2.49. The summed E-state index contributed by atoms with van der Waals surface area (Å²) < 4.78 is 12.0. The standard InChI is InChI=1S/C20H23N3O3/c24-19(17-3-9-22-10-4-17)23-11-5-18-20(14-23,6-12-26-18)15-25-13-16-1-7-21-8-2-16/h1-4,7-10,18H,5-6,11-15H2/t18-,20+/m0/s1. The molecular formula is C20H23N3O3. The second-order valence-corrected chi connectivity index (χ2v) is 7.07. The second-order valence-electron chi connectivity index (χ2n) is 7.07. The van der Waals surface area contributed by atoms with Crippen molar-refractivity contribution in [2.24, 2.45) is 5.41 Å². The van der Waals surface area contributed by atoms with Crippen molar-refractivity contribution in [1.82, 2.24) is 14.9 Å². The molecule has 2 aliphatic heterocycles. The summed E-state index contributed by atoms with van der Waals surface area (Å²) in [4.78, 5) is 22.8. The molecule has 0 saturated carbocycles. The van der Waals surface area contributed by atoms with Crippen LogP contribution in [0, 0.1) is 5.41 Å². The van der Waals surface area contributed by atoms with Crippen molar-refractivity contribution in [3.05, 3.63) is 60.2 Å². The highest BCUT2D eigenvalue weighted by Crippen LogP contribution is 2.41. The maximum atomic E-state index is 12.8. The maximum absolute atomic E-state index is 12.8. The van der Waals surface area contributed by atoms with Crippen LogP contribution in [0.5, 0.6) is 0 Å². The van der Waals surface area contributed by atoms with E-state index in [0.29, 0.717) is 25.3 Å². The topological polar surface area (TPSA) is 64.6 Å². The van der Waals surface area contributed by atoms with Gasteiger partial charge >= 0.3 is 0 Å². The Hall–Kier alpha value is -2.31. The molecule has 0 N–H and O–H groups in total. The van der Waals surface area contributed by atoms with Gasteiger partial charge in [0.05, 0.1) is 19.3 Å². The average molecular weight is 353 g/mol. The Morgan fingerprint density at radius 2 is 1.92 bits per heavy atom. The Labute approximate surface area is 153 Å². The zero-order valence-corrected chi connectivity index (χ0v) is 14.7. The molecule has 6 heteroatoms. The van der Waals surface area contributed by atoms with Gasteiger partial charge in [-0.2, -0.15) is 0 Å². The number of hydrogen-bond acceptors (Lipinski definition) is 5. The summed E-state index contributed by atoms with van der Waals surface area (Å²) >= 11 is 0. The summed E-state index contributed by atoms with van der Waals surface area (Å²) in [7, 11) is 0. The molecule has 2 aromatic rings. The van der Waals surface area contributed by atoms with Crippen LogP contribution in [0.3, 0.4) is 0 Å². The first kappa shape index (κ1) is 17.1. The Balaban J connectivity index is 1.43. The van der Waals surface area contributed by atoms with Gasteiger partial charge in [0, 0.05) is 55.5 Å². The van der Waals surface area contributed by atoms with Crippen LogP contribution in [-0.2, 0) is 16.1 Å². The van der Waals surface area contributed by atoms with Gasteiger partial charge in [-0.3, -0.25) is 14.8 Å². The first-order valence-corrected chi connectivity index (χ1v) is 9.04.